The van der Waals surface area contributed by atoms with Gasteiger partial charge in [0.2, 0.25) is 0 Å². The van der Waals surface area contributed by atoms with Crippen LogP contribution in [0.5, 0.6) is 0 Å². The Kier molecular flexibility index (Phi) is 26.7. The van der Waals surface area contributed by atoms with E-state index < -0.39 is 6.09 Å². The van der Waals surface area contributed by atoms with Crippen molar-refractivity contribution in [1.29, 1.82) is 0 Å². The van der Waals surface area contributed by atoms with Crippen molar-refractivity contribution < 1.29 is 52.2 Å². The maximum atomic E-state index is 12.2. The molecule has 53 heavy (non-hydrogen) atoms. The van der Waals surface area contributed by atoms with Crippen LogP contribution in [-0.2, 0) is 47.4 Å². The zero-order chi connectivity index (χ0) is 37.3. The Bertz CT molecular complexity index is 1120. The lowest BCUT2D eigenvalue weighted by Crippen LogP contribution is -2.29. The summed E-state index contributed by atoms with van der Waals surface area (Å²) < 4.78 is 55.3. The number of benzene rings is 2. The molecule has 1 N–H and O–H groups in total. The molecule has 0 atom stereocenters. The van der Waals surface area contributed by atoms with E-state index in [4.69, 9.17) is 47.4 Å². The molecule has 0 saturated carbocycles. The first-order chi connectivity index (χ1) is 26.3. The Morgan fingerprint density at radius 3 is 1.26 bits per heavy atom. The fourth-order valence-electron chi connectivity index (χ4n) is 5.72. The van der Waals surface area contributed by atoms with Gasteiger partial charge in [-0.2, -0.15) is 0 Å². The van der Waals surface area contributed by atoms with E-state index >= 15 is 0 Å². The van der Waals surface area contributed by atoms with Crippen molar-refractivity contribution in [2.45, 2.75) is 51.4 Å². The summed E-state index contributed by atoms with van der Waals surface area (Å²) >= 11 is 0. The molecule has 3 rings (SSSR count). The highest BCUT2D eigenvalue weighted by Gasteiger charge is 2.28. The van der Waals surface area contributed by atoms with Crippen LogP contribution in [-0.4, -0.2) is 138 Å². The van der Waals surface area contributed by atoms with Crippen molar-refractivity contribution in [1.82, 2.24) is 5.32 Å². The largest absolute Gasteiger partial charge is 0.449 e. The average molecular weight is 748 g/mol. The van der Waals surface area contributed by atoms with Gasteiger partial charge in [-0.15, -0.1) is 0 Å². The molecule has 2 aromatic carbocycles. The van der Waals surface area contributed by atoms with Crippen molar-refractivity contribution in [3.8, 4) is 11.1 Å². The number of carbonyl (C=O) groups is 1. The maximum absolute atomic E-state index is 12.2. The molecular formula is C41H65NO11. The molecule has 1 amide bonds. The van der Waals surface area contributed by atoms with Gasteiger partial charge in [-0.3, -0.25) is 0 Å². The third kappa shape index (κ3) is 21.1. The molecule has 300 valence electrons. The maximum Gasteiger partial charge on any atom is 0.407 e. The first-order valence-electron chi connectivity index (χ1n) is 19.6. The predicted octanol–water partition coefficient (Wildman–Crippen LogP) is 6.04. The van der Waals surface area contributed by atoms with Gasteiger partial charge in [0.1, 0.15) is 6.61 Å². The number of nitrogens with one attached hydrogen (secondary N) is 1. The van der Waals surface area contributed by atoms with Gasteiger partial charge in [-0.1, -0.05) is 87.6 Å². The molecule has 0 aromatic heterocycles. The van der Waals surface area contributed by atoms with Crippen molar-refractivity contribution in [3.63, 3.8) is 0 Å². The molecule has 0 saturated heterocycles. The summed E-state index contributed by atoms with van der Waals surface area (Å²) in [6, 6.07) is 16.5. The van der Waals surface area contributed by atoms with Gasteiger partial charge in [0, 0.05) is 19.1 Å². The highest BCUT2D eigenvalue weighted by Crippen LogP contribution is 2.44. The minimum atomic E-state index is -0.448. The fraction of sp³-hybridized carbons (Fsp3) is 0.683. The number of ether oxygens (including phenoxy) is 10. The van der Waals surface area contributed by atoms with Crippen LogP contribution in [0.15, 0.2) is 48.5 Å². The van der Waals surface area contributed by atoms with Gasteiger partial charge in [0.15, 0.2) is 0 Å². The topological polar surface area (TPSA) is 121 Å². The molecule has 1 aliphatic carbocycles. The lowest BCUT2D eigenvalue weighted by atomic mass is 9.98. The zero-order valence-electron chi connectivity index (χ0n) is 32.1. The van der Waals surface area contributed by atoms with Crippen molar-refractivity contribution in [2.75, 3.05) is 132 Å². The normalized spacial score (nSPS) is 12.2. The number of hydrogen-bond donors (Lipinski definition) is 1. The second-order valence-electron chi connectivity index (χ2n) is 12.5. The van der Waals surface area contributed by atoms with Crippen molar-refractivity contribution in [3.05, 3.63) is 59.7 Å². The van der Waals surface area contributed by atoms with E-state index in [0.717, 1.165) is 13.0 Å². The second-order valence-corrected chi connectivity index (χ2v) is 12.5. The number of carbonyl (C=O) groups excluding carboxylic acids is 1. The Labute approximate surface area is 317 Å². The Morgan fingerprint density at radius 2 is 0.830 bits per heavy atom. The monoisotopic (exact) mass is 747 g/mol. The van der Waals surface area contributed by atoms with Gasteiger partial charge >= 0.3 is 6.09 Å². The Balaban J connectivity index is 0.952. The van der Waals surface area contributed by atoms with Gasteiger partial charge in [0.05, 0.1) is 112 Å². The van der Waals surface area contributed by atoms with Gasteiger partial charge in [0.25, 0.3) is 0 Å². The van der Waals surface area contributed by atoms with Crippen LogP contribution in [0.3, 0.4) is 0 Å². The van der Waals surface area contributed by atoms with Crippen LogP contribution in [0.25, 0.3) is 11.1 Å². The number of rotatable bonds is 36. The summed E-state index contributed by atoms with van der Waals surface area (Å²) in [6.45, 7) is 12.3. The molecule has 2 aromatic rings. The van der Waals surface area contributed by atoms with E-state index in [2.05, 4.69) is 36.5 Å². The molecule has 1 aliphatic rings. The summed E-state index contributed by atoms with van der Waals surface area (Å²) in [5.74, 6) is 0.0405. The molecule has 0 radical (unpaired) electrons. The standard InChI is InChI=1S/C41H65NO11/c1-2-3-4-5-6-11-17-44-19-21-46-23-25-48-27-29-50-31-33-52-34-32-51-30-28-49-26-24-47-22-20-45-18-16-42-41(43)53-35-40-38-14-9-7-12-36(38)37-13-8-10-15-39(37)40/h7-10,12-15,40H,2-6,11,16-35H2,1H3,(H,42,43). The summed E-state index contributed by atoms with van der Waals surface area (Å²) in [6.07, 6.45) is 7.21. The van der Waals surface area contributed by atoms with Gasteiger partial charge in [-0.25, -0.2) is 4.79 Å². The third-order valence-electron chi connectivity index (χ3n) is 8.48. The summed E-state index contributed by atoms with van der Waals surface area (Å²) in [5, 5.41) is 2.75. The summed E-state index contributed by atoms with van der Waals surface area (Å²) in [4.78, 5) is 12.2. The Hall–Kier alpha value is -2.65. The number of fused-ring (bicyclic) bond motifs is 3. The van der Waals surface area contributed by atoms with Crippen LogP contribution in [0, 0.1) is 0 Å². The highest BCUT2D eigenvalue weighted by molar-refractivity contribution is 5.79. The molecule has 0 unspecified atom stereocenters. The van der Waals surface area contributed by atoms with E-state index in [-0.39, 0.29) is 5.92 Å². The quantitative estimate of drug-likeness (QED) is 0.0823. The SMILES string of the molecule is CCCCCCCCOCCOCCOCCOCCOCCOCCOCCOCCOCCNC(=O)OCC1c2ccccc2-c2ccccc21. The molecule has 0 aliphatic heterocycles. The fourth-order valence-corrected chi connectivity index (χ4v) is 5.72. The van der Waals surface area contributed by atoms with Gasteiger partial charge in [-0.05, 0) is 28.7 Å². The van der Waals surface area contributed by atoms with Crippen LogP contribution in [0.1, 0.15) is 62.5 Å². The molecule has 12 nitrogen and oxygen atoms in total. The van der Waals surface area contributed by atoms with Crippen molar-refractivity contribution in [2.24, 2.45) is 0 Å². The minimum Gasteiger partial charge on any atom is -0.449 e. The predicted molar refractivity (Wildman–Crippen MR) is 204 cm³/mol. The Morgan fingerprint density at radius 1 is 0.472 bits per heavy atom. The molecule has 0 heterocycles. The smallest absolute Gasteiger partial charge is 0.407 e. The first kappa shape index (κ1) is 44.7. The number of hydrogen-bond acceptors (Lipinski definition) is 11. The summed E-state index contributed by atoms with van der Waals surface area (Å²) in [7, 11) is 0. The van der Waals surface area contributed by atoms with E-state index in [9.17, 15) is 4.79 Å². The van der Waals surface area contributed by atoms with Crippen LogP contribution in [0.4, 0.5) is 4.79 Å². The molecule has 0 spiro atoms. The molecule has 0 bridgehead atoms. The molecule has 0 fully saturated rings. The van der Waals surface area contributed by atoms with E-state index in [0.29, 0.717) is 125 Å². The van der Waals surface area contributed by atoms with E-state index in [1.807, 2.05) is 24.3 Å². The zero-order valence-corrected chi connectivity index (χ0v) is 32.1. The van der Waals surface area contributed by atoms with Crippen LogP contribution < -0.4 is 5.32 Å². The highest BCUT2D eigenvalue weighted by atomic mass is 16.6. The van der Waals surface area contributed by atoms with E-state index in [1.54, 1.807) is 0 Å². The molecular weight excluding hydrogens is 682 g/mol. The van der Waals surface area contributed by atoms with Crippen LogP contribution in [0.2, 0.25) is 0 Å². The number of alkyl carbamates (subject to hydrolysis) is 1. The lowest BCUT2D eigenvalue weighted by Gasteiger charge is -2.14. The van der Waals surface area contributed by atoms with Gasteiger partial charge < -0.3 is 52.7 Å². The average Bonchev–Trinajstić information content (AvgIpc) is 3.50. The number of amides is 1. The van der Waals surface area contributed by atoms with Crippen molar-refractivity contribution >= 4 is 6.09 Å². The lowest BCUT2D eigenvalue weighted by molar-refractivity contribution is -0.0249. The van der Waals surface area contributed by atoms with Crippen LogP contribution >= 0.6 is 0 Å². The molecule has 12 heteroatoms. The minimum absolute atomic E-state index is 0.0405. The van der Waals surface area contributed by atoms with E-state index in [1.165, 1.54) is 54.4 Å². The first-order valence-corrected chi connectivity index (χ1v) is 19.6. The third-order valence-corrected chi connectivity index (χ3v) is 8.48. The number of unbranched alkanes of at least 4 members (excludes halogenated alkanes) is 5. The summed E-state index contributed by atoms with van der Waals surface area (Å²) in [5.41, 5.74) is 4.79. The second kappa shape index (κ2) is 31.7.